The van der Waals surface area contributed by atoms with Crippen LogP contribution >= 0.6 is 0 Å². The number of Topliss-reactive ketones (excluding diaryl/α,β-unsaturated/α-hetero) is 1. The van der Waals surface area contributed by atoms with Crippen molar-refractivity contribution in [2.75, 3.05) is 5.32 Å². The molecular weight excluding hydrogens is 282 g/mol. The first-order chi connectivity index (χ1) is 10.5. The molecule has 114 valence electrons. The monoisotopic (exact) mass is 299 g/mol. The Morgan fingerprint density at radius 2 is 2.14 bits per heavy atom. The van der Waals surface area contributed by atoms with Gasteiger partial charge in [-0.05, 0) is 19.9 Å². The third-order valence-electron chi connectivity index (χ3n) is 3.98. The van der Waals surface area contributed by atoms with Crippen molar-refractivity contribution in [2.24, 2.45) is 0 Å². The molecule has 3 rings (SSSR count). The number of aromatic nitrogens is 2. The minimum Gasteiger partial charge on any atom is -0.375 e. The van der Waals surface area contributed by atoms with E-state index in [1.165, 1.54) is 0 Å². The Labute approximate surface area is 127 Å². The normalized spacial score (nSPS) is 19.9. The second-order valence-corrected chi connectivity index (χ2v) is 5.44. The van der Waals surface area contributed by atoms with Crippen molar-refractivity contribution in [3.63, 3.8) is 0 Å². The summed E-state index contributed by atoms with van der Waals surface area (Å²) in [5.74, 6) is -0.867. The van der Waals surface area contributed by atoms with Crippen LogP contribution in [0.5, 0.6) is 0 Å². The molecule has 0 radical (unpaired) electrons. The fraction of sp³-hybridized carbons (Fsp3) is 0.312. The number of amides is 1. The van der Waals surface area contributed by atoms with Crippen LogP contribution in [-0.2, 0) is 16.9 Å². The Hall–Kier alpha value is -2.47. The molecule has 6 nitrogen and oxygen atoms in total. The topological polar surface area (TPSA) is 84.2 Å². The number of para-hydroxylation sites is 1. The molecule has 2 heterocycles. The number of fused-ring (bicyclic) bond motifs is 1. The van der Waals surface area contributed by atoms with E-state index >= 15 is 0 Å². The van der Waals surface area contributed by atoms with Gasteiger partial charge in [-0.3, -0.25) is 14.3 Å². The van der Waals surface area contributed by atoms with Crippen molar-refractivity contribution in [3.05, 3.63) is 47.3 Å². The third kappa shape index (κ3) is 2.12. The summed E-state index contributed by atoms with van der Waals surface area (Å²) >= 11 is 0. The molecule has 1 aliphatic heterocycles. The molecule has 1 aliphatic rings. The summed E-state index contributed by atoms with van der Waals surface area (Å²) in [6, 6.07) is 6.86. The molecule has 0 aliphatic carbocycles. The molecule has 2 N–H and O–H groups in total. The first kappa shape index (κ1) is 14.5. The van der Waals surface area contributed by atoms with E-state index in [9.17, 15) is 14.7 Å². The number of carbonyl (C=O) groups is 2. The number of aryl methyl sites for hydroxylation is 2. The van der Waals surface area contributed by atoms with Gasteiger partial charge in [0.25, 0.3) is 5.91 Å². The van der Waals surface area contributed by atoms with Gasteiger partial charge in [0, 0.05) is 24.0 Å². The van der Waals surface area contributed by atoms with E-state index in [0.717, 1.165) is 0 Å². The van der Waals surface area contributed by atoms with Gasteiger partial charge in [0.2, 0.25) is 0 Å². The fourth-order valence-electron chi connectivity index (χ4n) is 2.76. The summed E-state index contributed by atoms with van der Waals surface area (Å²) in [6.07, 6.45) is 1.35. The second-order valence-electron chi connectivity index (χ2n) is 5.44. The molecule has 6 heteroatoms. The zero-order chi connectivity index (χ0) is 15.9. The molecule has 0 saturated heterocycles. The van der Waals surface area contributed by atoms with Gasteiger partial charge in [0.05, 0.1) is 17.7 Å². The Morgan fingerprint density at radius 1 is 1.41 bits per heavy atom. The van der Waals surface area contributed by atoms with Crippen LogP contribution in [0.15, 0.2) is 30.5 Å². The van der Waals surface area contributed by atoms with Gasteiger partial charge in [0.1, 0.15) is 0 Å². The highest BCUT2D eigenvalue weighted by molar-refractivity contribution is 6.09. The second kappa shape index (κ2) is 5.06. The number of aliphatic hydroxyl groups is 1. The maximum Gasteiger partial charge on any atom is 0.261 e. The van der Waals surface area contributed by atoms with Crippen LogP contribution in [0.3, 0.4) is 0 Å². The molecule has 22 heavy (non-hydrogen) atoms. The maximum atomic E-state index is 12.5. The summed E-state index contributed by atoms with van der Waals surface area (Å²) in [7, 11) is 0. The van der Waals surface area contributed by atoms with Gasteiger partial charge in [-0.15, -0.1) is 0 Å². The highest BCUT2D eigenvalue weighted by atomic mass is 16.3. The lowest BCUT2D eigenvalue weighted by Crippen LogP contribution is -2.36. The van der Waals surface area contributed by atoms with Crippen molar-refractivity contribution in [1.82, 2.24) is 9.78 Å². The molecule has 0 saturated carbocycles. The molecule has 0 spiro atoms. The number of anilines is 1. The zero-order valence-corrected chi connectivity index (χ0v) is 12.5. The largest absolute Gasteiger partial charge is 0.375 e. The predicted octanol–water partition coefficient (Wildman–Crippen LogP) is 1.62. The number of hydrogen-bond donors (Lipinski definition) is 2. The van der Waals surface area contributed by atoms with Crippen LogP contribution in [0.2, 0.25) is 0 Å². The smallest absolute Gasteiger partial charge is 0.261 e. The Kier molecular flexibility index (Phi) is 3.33. The number of rotatable bonds is 4. The van der Waals surface area contributed by atoms with Crippen LogP contribution in [0, 0.1) is 6.92 Å². The molecule has 1 aromatic carbocycles. The minimum atomic E-state index is -1.82. The average molecular weight is 299 g/mol. The van der Waals surface area contributed by atoms with Crippen molar-refractivity contribution in [3.8, 4) is 0 Å². The predicted molar refractivity (Wildman–Crippen MR) is 80.6 cm³/mol. The molecule has 2 aromatic rings. The van der Waals surface area contributed by atoms with Gasteiger partial charge in [-0.1, -0.05) is 18.2 Å². The van der Waals surface area contributed by atoms with Gasteiger partial charge in [-0.25, -0.2) is 0 Å². The van der Waals surface area contributed by atoms with Gasteiger partial charge >= 0.3 is 0 Å². The number of nitrogens with zero attached hydrogens (tertiary/aromatic N) is 2. The van der Waals surface area contributed by atoms with Crippen molar-refractivity contribution in [1.29, 1.82) is 0 Å². The molecule has 1 aromatic heterocycles. The molecule has 0 unspecified atom stereocenters. The molecule has 1 atom stereocenters. The third-order valence-corrected chi connectivity index (χ3v) is 3.98. The minimum absolute atomic E-state index is 0.299. The number of hydrogen-bond acceptors (Lipinski definition) is 4. The zero-order valence-electron chi connectivity index (χ0n) is 12.5. The van der Waals surface area contributed by atoms with E-state index in [1.807, 2.05) is 6.92 Å². The fourth-order valence-corrected chi connectivity index (χ4v) is 2.76. The first-order valence-corrected chi connectivity index (χ1v) is 7.16. The Balaban J connectivity index is 1.93. The SMILES string of the molecule is CCn1cc(C(=O)C[C@]2(O)C(=O)Nc3ccccc32)c(C)n1. The van der Waals surface area contributed by atoms with Gasteiger partial charge in [-0.2, -0.15) is 5.10 Å². The summed E-state index contributed by atoms with van der Waals surface area (Å²) in [5.41, 5.74) is 0.196. The van der Waals surface area contributed by atoms with Crippen LogP contribution < -0.4 is 5.32 Å². The van der Waals surface area contributed by atoms with E-state index in [-0.39, 0.29) is 12.2 Å². The van der Waals surface area contributed by atoms with Crippen molar-refractivity contribution >= 4 is 17.4 Å². The molecule has 1 amide bonds. The van der Waals surface area contributed by atoms with E-state index < -0.39 is 11.5 Å². The van der Waals surface area contributed by atoms with Crippen LogP contribution in [-0.4, -0.2) is 26.6 Å². The highest BCUT2D eigenvalue weighted by Gasteiger charge is 2.46. The van der Waals surface area contributed by atoms with E-state index in [4.69, 9.17) is 0 Å². The van der Waals surface area contributed by atoms with E-state index in [2.05, 4.69) is 10.4 Å². The van der Waals surface area contributed by atoms with Crippen LogP contribution in [0.4, 0.5) is 5.69 Å². The summed E-state index contributed by atoms with van der Waals surface area (Å²) in [4.78, 5) is 24.6. The van der Waals surface area contributed by atoms with Gasteiger partial charge < -0.3 is 10.4 Å². The summed E-state index contributed by atoms with van der Waals surface area (Å²) in [5, 5.41) is 17.6. The van der Waals surface area contributed by atoms with Crippen LogP contribution in [0.1, 0.15) is 35.0 Å². The highest BCUT2D eigenvalue weighted by Crippen LogP contribution is 2.38. The lowest BCUT2D eigenvalue weighted by atomic mass is 9.88. The number of ketones is 1. The average Bonchev–Trinajstić information content (AvgIpc) is 2.99. The van der Waals surface area contributed by atoms with E-state index in [1.54, 1.807) is 42.1 Å². The van der Waals surface area contributed by atoms with Gasteiger partial charge in [0.15, 0.2) is 11.4 Å². The number of carbonyl (C=O) groups excluding carboxylic acids is 2. The summed E-state index contributed by atoms with van der Waals surface area (Å²) < 4.78 is 1.66. The standard InChI is InChI=1S/C16H17N3O3/c1-3-19-9-11(10(2)18-19)14(20)8-16(22)12-6-4-5-7-13(12)17-15(16)21/h4-7,9,22H,3,8H2,1-2H3,(H,17,21)/t16-/m1/s1. The van der Waals surface area contributed by atoms with Crippen LogP contribution in [0.25, 0.3) is 0 Å². The Bertz CT molecular complexity index is 766. The summed E-state index contributed by atoms with van der Waals surface area (Å²) in [6.45, 7) is 4.32. The number of benzene rings is 1. The molecule has 0 bridgehead atoms. The maximum absolute atomic E-state index is 12.5. The first-order valence-electron chi connectivity index (χ1n) is 7.16. The molecular formula is C16H17N3O3. The van der Waals surface area contributed by atoms with E-state index in [0.29, 0.717) is 29.1 Å². The van der Waals surface area contributed by atoms with Crippen molar-refractivity contribution < 1.29 is 14.7 Å². The lowest BCUT2D eigenvalue weighted by molar-refractivity contribution is -0.133. The lowest BCUT2D eigenvalue weighted by Gasteiger charge is -2.19. The van der Waals surface area contributed by atoms with Crippen molar-refractivity contribution in [2.45, 2.75) is 32.4 Å². The quantitative estimate of drug-likeness (QED) is 0.840. The number of nitrogens with one attached hydrogen (secondary N) is 1. The molecule has 0 fully saturated rings. The Morgan fingerprint density at radius 3 is 2.82 bits per heavy atom.